The van der Waals surface area contributed by atoms with Crippen LogP contribution in [0.1, 0.15) is 13.8 Å². The van der Waals surface area contributed by atoms with Gasteiger partial charge >= 0.3 is 5.97 Å². The van der Waals surface area contributed by atoms with Gasteiger partial charge in [0.15, 0.2) is 0 Å². The van der Waals surface area contributed by atoms with Gasteiger partial charge in [-0.2, -0.15) is 12.7 Å². The van der Waals surface area contributed by atoms with Crippen molar-refractivity contribution >= 4 is 16.2 Å². The molecule has 0 bridgehead atoms. The Balaban J connectivity index is 2.82. The molecular weight excluding hydrogens is 246 g/mol. The maximum absolute atomic E-state index is 11.9. The van der Waals surface area contributed by atoms with Crippen molar-refractivity contribution in [2.45, 2.75) is 19.9 Å². The molecule has 1 rings (SSSR count). The Hall–Kier alpha value is -0.700. The van der Waals surface area contributed by atoms with Gasteiger partial charge in [-0.1, -0.05) is 6.92 Å². The van der Waals surface area contributed by atoms with Crippen LogP contribution in [0.5, 0.6) is 0 Å². The van der Waals surface area contributed by atoms with Gasteiger partial charge in [-0.25, -0.2) is 4.72 Å². The van der Waals surface area contributed by atoms with E-state index in [-0.39, 0.29) is 19.7 Å². The Kier molecular flexibility index (Phi) is 5.31. The molecule has 0 spiro atoms. The molecule has 1 unspecified atom stereocenters. The average molecular weight is 265 g/mol. The summed E-state index contributed by atoms with van der Waals surface area (Å²) in [5.41, 5.74) is 0. The van der Waals surface area contributed by atoms with Crippen molar-refractivity contribution in [1.29, 1.82) is 0 Å². The monoisotopic (exact) mass is 265 g/mol. The highest BCUT2D eigenvalue weighted by molar-refractivity contribution is 7.87. The predicted octanol–water partition coefficient (Wildman–Crippen LogP) is -1.32. The quantitative estimate of drug-likeness (QED) is 0.602. The lowest BCUT2D eigenvalue weighted by molar-refractivity contribution is -0.148. The third kappa shape index (κ3) is 3.63. The molecule has 1 aliphatic rings. The summed E-state index contributed by atoms with van der Waals surface area (Å²) in [6, 6.07) is -0.784. The molecule has 1 heterocycles. The molecule has 0 saturated carbocycles. The second kappa shape index (κ2) is 6.29. The van der Waals surface area contributed by atoms with Gasteiger partial charge in [0, 0.05) is 26.2 Å². The van der Waals surface area contributed by atoms with E-state index >= 15 is 0 Å². The largest absolute Gasteiger partial charge is 0.465 e. The number of hydrogen-bond donors (Lipinski definition) is 2. The van der Waals surface area contributed by atoms with Gasteiger partial charge in [-0.05, 0) is 6.92 Å². The van der Waals surface area contributed by atoms with Crippen LogP contribution in [0.3, 0.4) is 0 Å². The molecule has 2 N–H and O–H groups in total. The molecule has 0 aromatic rings. The highest BCUT2D eigenvalue weighted by Crippen LogP contribution is 2.10. The molecule has 8 heteroatoms. The Morgan fingerprint density at radius 3 is 2.82 bits per heavy atom. The fraction of sp³-hybridized carbons (Fsp3) is 0.889. The van der Waals surface area contributed by atoms with Crippen molar-refractivity contribution in [2.24, 2.45) is 0 Å². The molecule has 0 radical (unpaired) electrons. The first-order valence-electron chi connectivity index (χ1n) is 5.66. The van der Waals surface area contributed by atoms with Gasteiger partial charge in [0.05, 0.1) is 6.61 Å². The van der Waals surface area contributed by atoms with Crippen LogP contribution >= 0.6 is 0 Å². The third-order valence-corrected chi connectivity index (χ3v) is 4.10. The second-order valence-corrected chi connectivity index (χ2v) is 5.29. The van der Waals surface area contributed by atoms with Crippen molar-refractivity contribution < 1.29 is 17.9 Å². The smallest absolute Gasteiger partial charge is 0.325 e. The number of carbonyl (C=O) groups excluding carboxylic acids is 1. The van der Waals surface area contributed by atoms with Gasteiger partial charge < -0.3 is 10.1 Å². The molecule has 0 amide bonds. The summed E-state index contributed by atoms with van der Waals surface area (Å²) < 4.78 is 32.2. The minimum atomic E-state index is -3.60. The normalized spacial score (nSPS) is 22.4. The van der Waals surface area contributed by atoms with Crippen molar-refractivity contribution in [2.75, 3.05) is 32.8 Å². The maximum Gasteiger partial charge on any atom is 0.325 e. The summed E-state index contributed by atoms with van der Waals surface area (Å²) in [5, 5.41) is 2.98. The topological polar surface area (TPSA) is 87.7 Å². The van der Waals surface area contributed by atoms with Gasteiger partial charge in [0.2, 0.25) is 0 Å². The zero-order valence-electron chi connectivity index (χ0n) is 10.1. The van der Waals surface area contributed by atoms with Crippen LogP contribution in [0.15, 0.2) is 0 Å². The lowest BCUT2D eigenvalue weighted by Gasteiger charge is -2.33. The fourth-order valence-electron chi connectivity index (χ4n) is 1.68. The van der Waals surface area contributed by atoms with Crippen LogP contribution in [0.2, 0.25) is 0 Å². The number of nitrogens with one attached hydrogen (secondary N) is 2. The number of carbonyl (C=O) groups is 1. The number of rotatable bonds is 5. The second-order valence-electron chi connectivity index (χ2n) is 3.59. The fourth-order valence-corrected chi connectivity index (χ4v) is 3.04. The van der Waals surface area contributed by atoms with E-state index in [1.54, 1.807) is 13.8 Å². The van der Waals surface area contributed by atoms with E-state index in [0.717, 1.165) is 4.31 Å². The van der Waals surface area contributed by atoms with Crippen LogP contribution in [0.4, 0.5) is 0 Å². The summed E-state index contributed by atoms with van der Waals surface area (Å²) in [6.07, 6.45) is 0. The van der Waals surface area contributed by atoms with Gasteiger partial charge in [0.25, 0.3) is 10.2 Å². The Labute approximate surface area is 102 Å². The lowest BCUT2D eigenvalue weighted by atomic mass is 10.2. The first-order chi connectivity index (χ1) is 8.03. The summed E-state index contributed by atoms with van der Waals surface area (Å²) in [7, 11) is -3.60. The molecule has 1 atom stereocenters. The third-order valence-electron chi connectivity index (χ3n) is 2.39. The minimum absolute atomic E-state index is 0.241. The van der Waals surface area contributed by atoms with Crippen LogP contribution in [0, 0.1) is 0 Å². The zero-order chi connectivity index (χ0) is 12.9. The lowest BCUT2D eigenvalue weighted by Crippen LogP contribution is -2.59. The molecule has 0 aromatic heterocycles. The molecule has 7 nitrogen and oxygen atoms in total. The van der Waals surface area contributed by atoms with E-state index < -0.39 is 22.2 Å². The summed E-state index contributed by atoms with van der Waals surface area (Å²) in [5.74, 6) is -0.513. The summed E-state index contributed by atoms with van der Waals surface area (Å²) in [6.45, 7) is 4.99. The molecule has 0 aromatic carbocycles. The van der Waals surface area contributed by atoms with Gasteiger partial charge in [-0.3, -0.25) is 4.79 Å². The number of nitrogens with zero attached hydrogens (tertiary/aromatic N) is 1. The molecule has 17 heavy (non-hydrogen) atoms. The molecular formula is C9H19N3O4S. The SMILES string of the molecule is CCNS(=O)(=O)N1CCNCC1C(=O)OCC. The highest BCUT2D eigenvalue weighted by Gasteiger charge is 2.37. The van der Waals surface area contributed by atoms with E-state index in [4.69, 9.17) is 4.74 Å². The molecule has 100 valence electrons. The molecule has 1 fully saturated rings. The van der Waals surface area contributed by atoms with Crippen LogP contribution < -0.4 is 10.0 Å². The van der Waals surface area contributed by atoms with Crippen molar-refractivity contribution in [1.82, 2.24) is 14.3 Å². The number of esters is 1. The first-order valence-corrected chi connectivity index (χ1v) is 7.10. The van der Waals surface area contributed by atoms with Crippen molar-refractivity contribution in [3.63, 3.8) is 0 Å². The summed E-state index contributed by atoms with van der Waals surface area (Å²) >= 11 is 0. The molecule has 0 aliphatic carbocycles. The number of ether oxygens (including phenoxy) is 1. The average Bonchev–Trinajstić information content (AvgIpc) is 2.29. The van der Waals surface area contributed by atoms with Crippen LogP contribution in [-0.2, 0) is 19.7 Å². The van der Waals surface area contributed by atoms with E-state index in [9.17, 15) is 13.2 Å². The highest BCUT2D eigenvalue weighted by atomic mass is 32.2. The number of hydrogen-bond acceptors (Lipinski definition) is 5. The van der Waals surface area contributed by atoms with E-state index in [1.807, 2.05) is 0 Å². The van der Waals surface area contributed by atoms with Crippen LogP contribution in [0.25, 0.3) is 0 Å². The van der Waals surface area contributed by atoms with E-state index in [2.05, 4.69) is 10.0 Å². The van der Waals surface area contributed by atoms with Crippen molar-refractivity contribution in [3.8, 4) is 0 Å². The van der Waals surface area contributed by atoms with Crippen LogP contribution in [-0.4, -0.2) is 57.5 Å². The molecule has 1 aliphatic heterocycles. The Morgan fingerprint density at radius 1 is 1.53 bits per heavy atom. The van der Waals surface area contributed by atoms with E-state index in [1.165, 1.54) is 0 Å². The van der Waals surface area contributed by atoms with Gasteiger partial charge in [-0.15, -0.1) is 0 Å². The first kappa shape index (κ1) is 14.4. The Morgan fingerprint density at radius 2 is 2.24 bits per heavy atom. The van der Waals surface area contributed by atoms with Crippen molar-refractivity contribution in [3.05, 3.63) is 0 Å². The minimum Gasteiger partial charge on any atom is -0.465 e. The zero-order valence-corrected chi connectivity index (χ0v) is 10.9. The summed E-state index contributed by atoms with van der Waals surface area (Å²) in [4.78, 5) is 11.7. The molecule has 1 saturated heterocycles. The maximum atomic E-state index is 11.9. The van der Waals surface area contributed by atoms with Gasteiger partial charge in [0.1, 0.15) is 6.04 Å². The number of piperazine rings is 1. The van der Waals surface area contributed by atoms with E-state index in [0.29, 0.717) is 13.1 Å². The Bertz CT molecular complexity index is 357. The predicted molar refractivity (Wildman–Crippen MR) is 62.6 cm³/mol. The standard InChI is InChI=1S/C9H19N3O4S/c1-3-11-17(14,15)12-6-5-10-7-8(12)9(13)16-4-2/h8,10-11H,3-7H2,1-2H3.